The molecular formula is C11H12FNO5S. The van der Waals surface area contributed by atoms with Gasteiger partial charge in [-0.05, 0) is 25.1 Å². The molecule has 0 bridgehead atoms. The first-order chi connectivity index (χ1) is 8.62. The quantitative estimate of drug-likeness (QED) is 0.857. The number of amides is 1. The van der Waals surface area contributed by atoms with E-state index in [0.29, 0.717) is 0 Å². The van der Waals surface area contributed by atoms with Gasteiger partial charge in [-0.3, -0.25) is 4.79 Å². The number of carbonyl (C=O) groups excluding carboxylic acids is 1. The Morgan fingerprint density at radius 3 is 2.37 bits per heavy atom. The lowest BCUT2D eigenvalue weighted by Crippen LogP contribution is -2.32. The van der Waals surface area contributed by atoms with Gasteiger partial charge in [-0.1, -0.05) is 0 Å². The van der Waals surface area contributed by atoms with Gasteiger partial charge in [0.2, 0.25) is 5.91 Å². The van der Waals surface area contributed by atoms with Crippen LogP contribution in [-0.2, 0) is 14.6 Å². The van der Waals surface area contributed by atoms with Crippen LogP contribution in [0.15, 0.2) is 18.2 Å². The second kappa shape index (κ2) is 5.35. The standard InChI is InChI=1S/C11H12FNO5S/c1-6(19(2,17)18)10(14)13-9-4-3-7(11(15)16)5-8(9)12/h3-6H,1-2H3,(H,13,14)(H,15,16). The molecule has 0 aromatic heterocycles. The van der Waals surface area contributed by atoms with Crippen molar-refractivity contribution in [3.8, 4) is 0 Å². The maximum atomic E-state index is 13.5. The van der Waals surface area contributed by atoms with Crippen molar-refractivity contribution in [3.63, 3.8) is 0 Å². The third kappa shape index (κ3) is 3.75. The van der Waals surface area contributed by atoms with Crippen LogP contribution in [0.1, 0.15) is 17.3 Å². The van der Waals surface area contributed by atoms with E-state index in [-0.39, 0.29) is 11.3 Å². The summed E-state index contributed by atoms with van der Waals surface area (Å²) in [5, 5.41) is 9.41. The predicted molar refractivity (Wildman–Crippen MR) is 66.3 cm³/mol. The van der Waals surface area contributed by atoms with Crippen molar-refractivity contribution in [3.05, 3.63) is 29.6 Å². The molecule has 0 fully saturated rings. The Bertz CT molecular complexity index is 626. The fourth-order valence-electron chi connectivity index (χ4n) is 1.18. The third-order valence-electron chi connectivity index (χ3n) is 2.49. The highest BCUT2D eigenvalue weighted by Crippen LogP contribution is 2.16. The second-order valence-electron chi connectivity index (χ2n) is 3.96. The molecule has 0 saturated carbocycles. The number of carboxylic acids is 1. The molecule has 1 aromatic rings. The molecule has 0 heterocycles. The highest BCUT2D eigenvalue weighted by molar-refractivity contribution is 7.92. The number of aromatic carboxylic acids is 1. The Morgan fingerprint density at radius 1 is 1.37 bits per heavy atom. The van der Waals surface area contributed by atoms with E-state index in [0.717, 1.165) is 24.5 Å². The largest absolute Gasteiger partial charge is 0.478 e. The van der Waals surface area contributed by atoms with Gasteiger partial charge in [-0.15, -0.1) is 0 Å². The summed E-state index contributed by atoms with van der Waals surface area (Å²) in [6, 6.07) is 2.90. The molecule has 2 N–H and O–H groups in total. The number of nitrogens with one attached hydrogen (secondary N) is 1. The summed E-state index contributed by atoms with van der Waals surface area (Å²) in [5.74, 6) is -3.14. The lowest BCUT2D eigenvalue weighted by atomic mass is 10.2. The number of benzene rings is 1. The zero-order chi connectivity index (χ0) is 14.8. The van der Waals surface area contributed by atoms with Crippen LogP contribution >= 0.6 is 0 Å². The van der Waals surface area contributed by atoms with E-state index in [2.05, 4.69) is 5.32 Å². The first kappa shape index (κ1) is 15.1. The van der Waals surface area contributed by atoms with Gasteiger partial charge >= 0.3 is 5.97 Å². The second-order valence-corrected chi connectivity index (χ2v) is 6.33. The SMILES string of the molecule is CC(C(=O)Nc1ccc(C(=O)O)cc1F)S(C)(=O)=O. The number of halogens is 1. The molecule has 1 atom stereocenters. The summed E-state index contributed by atoms with van der Waals surface area (Å²) in [4.78, 5) is 22.1. The molecule has 0 radical (unpaired) electrons. The van der Waals surface area contributed by atoms with Crippen molar-refractivity contribution < 1.29 is 27.5 Å². The normalized spacial score (nSPS) is 12.8. The van der Waals surface area contributed by atoms with Crippen molar-refractivity contribution in [1.29, 1.82) is 0 Å². The van der Waals surface area contributed by atoms with Crippen molar-refractivity contribution >= 4 is 27.4 Å². The van der Waals surface area contributed by atoms with Crippen LogP contribution in [0.25, 0.3) is 0 Å². The molecule has 1 aromatic carbocycles. The van der Waals surface area contributed by atoms with E-state index in [1.807, 2.05) is 0 Å². The molecule has 104 valence electrons. The van der Waals surface area contributed by atoms with Crippen LogP contribution in [0.4, 0.5) is 10.1 Å². The average molecular weight is 289 g/mol. The molecule has 8 heteroatoms. The van der Waals surface area contributed by atoms with Crippen molar-refractivity contribution in [2.75, 3.05) is 11.6 Å². The molecule has 1 unspecified atom stereocenters. The molecule has 1 rings (SSSR count). The van der Waals surface area contributed by atoms with Gasteiger partial charge in [0.25, 0.3) is 0 Å². The zero-order valence-electron chi connectivity index (χ0n) is 10.2. The molecule has 0 spiro atoms. The van der Waals surface area contributed by atoms with Gasteiger partial charge in [-0.25, -0.2) is 17.6 Å². The lowest BCUT2D eigenvalue weighted by molar-refractivity contribution is -0.115. The Morgan fingerprint density at radius 2 is 1.95 bits per heavy atom. The van der Waals surface area contributed by atoms with Gasteiger partial charge in [0.15, 0.2) is 9.84 Å². The van der Waals surface area contributed by atoms with Gasteiger partial charge in [-0.2, -0.15) is 0 Å². The highest BCUT2D eigenvalue weighted by atomic mass is 32.2. The number of rotatable bonds is 4. The topological polar surface area (TPSA) is 101 Å². The van der Waals surface area contributed by atoms with Crippen LogP contribution in [0.3, 0.4) is 0 Å². The molecule has 1 amide bonds. The molecule has 0 saturated heterocycles. The van der Waals surface area contributed by atoms with Gasteiger partial charge in [0.1, 0.15) is 11.1 Å². The third-order valence-corrected chi connectivity index (χ3v) is 3.98. The fourth-order valence-corrected chi connectivity index (χ4v) is 1.63. The summed E-state index contributed by atoms with van der Waals surface area (Å²) in [5.41, 5.74) is -0.544. The zero-order valence-corrected chi connectivity index (χ0v) is 11.0. The van der Waals surface area contributed by atoms with E-state index in [1.54, 1.807) is 0 Å². The summed E-state index contributed by atoms with van der Waals surface area (Å²) in [7, 11) is -3.59. The predicted octanol–water partition coefficient (Wildman–Crippen LogP) is 0.896. The maximum Gasteiger partial charge on any atom is 0.335 e. The summed E-state index contributed by atoms with van der Waals surface area (Å²) >= 11 is 0. The smallest absolute Gasteiger partial charge is 0.335 e. The Balaban J connectivity index is 2.95. The number of sulfone groups is 1. The van der Waals surface area contributed by atoms with Crippen molar-refractivity contribution in [1.82, 2.24) is 0 Å². The summed E-state index contributed by atoms with van der Waals surface area (Å²) in [6.07, 6.45) is 0.890. The molecule has 0 aliphatic rings. The maximum absolute atomic E-state index is 13.5. The number of hydrogen-bond acceptors (Lipinski definition) is 4. The van der Waals surface area contributed by atoms with E-state index < -0.39 is 32.8 Å². The van der Waals surface area contributed by atoms with Crippen LogP contribution in [-0.4, -0.2) is 36.9 Å². The van der Waals surface area contributed by atoms with Crippen molar-refractivity contribution in [2.45, 2.75) is 12.2 Å². The van der Waals surface area contributed by atoms with Gasteiger partial charge in [0, 0.05) is 6.26 Å². The monoisotopic (exact) mass is 289 g/mol. The minimum atomic E-state index is -3.59. The summed E-state index contributed by atoms with van der Waals surface area (Å²) in [6.45, 7) is 1.17. The van der Waals surface area contributed by atoms with E-state index in [4.69, 9.17) is 5.11 Å². The van der Waals surface area contributed by atoms with Crippen molar-refractivity contribution in [2.24, 2.45) is 0 Å². The van der Waals surface area contributed by atoms with E-state index >= 15 is 0 Å². The molecular weight excluding hydrogens is 277 g/mol. The average Bonchev–Trinajstić information content (AvgIpc) is 2.29. The van der Waals surface area contributed by atoms with Gasteiger partial charge < -0.3 is 10.4 Å². The van der Waals surface area contributed by atoms with Gasteiger partial charge in [0.05, 0.1) is 11.3 Å². The number of carbonyl (C=O) groups is 2. The minimum Gasteiger partial charge on any atom is -0.478 e. The van der Waals surface area contributed by atoms with Crippen LogP contribution in [0.2, 0.25) is 0 Å². The van der Waals surface area contributed by atoms with Crippen LogP contribution in [0.5, 0.6) is 0 Å². The summed E-state index contributed by atoms with van der Waals surface area (Å²) < 4.78 is 35.8. The highest BCUT2D eigenvalue weighted by Gasteiger charge is 2.24. The molecule has 6 nitrogen and oxygen atoms in total. The first-order valence-corrected chi connectivity index (χ1v) is 7.11. The first-order valence-electron chi connectivity index (χ1n) is 5.15. The Labute approximate surface area is 109 Å². The Kier molecular flexibility index (Phi) is 4.25. The van der Waals surface area contributed by atoms with E-state index in [9.17, 15) is 22.4 Å². The van der Waals surface area contributed by atoms with E-state index in [1.165, 1.54) is 6.92 Å². The molecule has 19 heavy (non-hydrogen) atoms. The van der Waals surface area contributed by atoms with Crippen LogP contribution < -0.4 is 5.32 Å². The number of hydrogen-bond donors (Lipinski definition) is 2. The fraction of sp³-hybridized carbons (Fsp3) is 0.273. The molecule has 0 aliphatic carbocycles. The van der Waals surface area contributed by atoms with Crippen LogP contribution in [0, 0.1) is 5.82 Å². The lowest BCUT2D eigenvalue weighted by Gasteiger charge is -2.11. The minimum absolute atomic E-state index is 0.272. The Hall–Kier alpha value is -1.96. The number of anilines is 1. The number of carboxylic acid groups (broad SMARTS) is 1. The molecule has 0 aliphatic heterocycles.